The Kier molecular flexibility index (Phi) is 9.87. The quantitative estimate of drug-likeness (QED) is 0.561. The zero-order valence-electron chi connectivity index (χ0n) is 8.96. The van der Waals surface area contributed by atoms with Gasteiger partial charge in [-0.05, 0) is 12.8 Å². The molecule has 0 fully saturated rings. The van der Waals surface area contributed by atoms with Gasteiger partial charge in [0.15, 0.2) is 0 Å². The molecule has 0 aliphatic rings. The summed E-state index contributed by atoms with van der Waals surface area (Å²) in [6.45, 7) is 6.92. The zero-order chi connectivity index (χ0) is 9.94. The molecule has 0 aliphatic heterocycles. The maximum Gasteiger partial charge on any atom is 0.145 e. The minimum Gasteiger partial charge on any atom is -0.371 e. The third kappa shape index (κ3) is 8.22. The van der Waals surface area contributed by atoms with Crippen molar-refractivity contribution in [1.82, 2.24) is 4.90 Å². The molecule has 0 atom stereocenters. The van der Waals surface area contributed by atoms with Crippen LogP contribution >= 0.6 is 0 Å². The van der Waals surface area contributed by atoms with Crippen molar-refractivity contribution >= 4 is 0 Å². The van der Waals surface area contributed by atoms with Crippen LogP contribution in [0.5, 0.6) is 0 Å². The van der Waals surface area contributed by atoms with Gasteiger partial charge in [-0.1, -0.05) is 26.7 Å². The van der Waals surface area contributed by atoms with Crippen molar-refractivity contribution in [3.8, 4) is 0 Å². The number of aliphatic hydroxyl groups excluding tert-OH is 1. The highest BCUT2D eigenvalue weighted by Gasteiger charge is 2.02. The van der Waals surface area contributed by atoms with E-state index in [4.69, 9.17) is 9.84 Å². The normalized spacial score (nSPS) is 11.1. The molecular weight excluding hydrogens is 166 g/mol. The molecule has 0 heterocycles. The van der Waals surface area contributed by atoms with Gasteiger partial charge in [-0.3, -0.25) is 4.90 Å². The van der Waals surface area contributed by atoms with Crippen LogP contribution in [0.1, 0.15) is 39.5 Å². The van der Waals surface area contributed by atoms with E-state index in [2.05, 4.69) is 18.7 Å². The van der Waals surface area contributed by atoms with Crippen molar-refractivity contribution in [2.24, 2.45) is 0 Å². The summed E-state index contributed by atoms with van der Waals surface area (Å²) >= 11 is 0. The van der Waals surface area contributed by atoms with Crippen LogP contribution in [0.4, 0.5) is 0 Å². The second kappa shape index (κ2) is 9.96. The maximum absolute atomic E-state index is 8.52. The van der Waals surface area contributed by atoms with Crippen molar-refractivity contribution in [3.05, 3.63) is 0 Å². The monoisotopic (exact) mass is 189 g/mol. The van der Waals surface area contributed by atoms with E-state index in [0.717, 1.165) is 13.1 Å². The summed E-state index contributed by atoms with van der Waals surface area (Å²) in [7, 11) is 0. The van der Waals surface area contributed by atoms with Crippen LogP contribution in [-0.4, -0.2) is 36.6 Å². The summed E-state index contributed by atoms with van der Waals surface area (Å²) in [6.07, 6.45) is 4.83. The van der Waals surface area contributed by atoms with Crippen LogP contribution in [-0.2, 0) is 4.74 Å². The van der Waals surface area contributed by atoms with Crippen molar-refractivity contribution in [3.63, 3.8) is 0 Å². The number of unbranched alkanes of at least 4 members (excludes halogenated alkanes) is 2. The summed E-state index contributed by atoms with van der Waals surface area (Å²) in [5.41, 5.74) is 0. The molecule has 1 N–H and O–H groups in total. The third-order valence-corrected chi connectivity index (χ3v) is 2.02. The predicted octanol–water partition coefficient (Wildman–Crippen LogP) is 1.81. The van der Waals surface area contributed by atoms with Crippen LogP contribution in [0, 0.1) is 0 Å². The predicted molar refractivity (Wildman–Crippen MR) is 54.4 cm³/mol. The Bertz CT molecular complexity index is 79.9. The molecule has 0 amide bonds. The van der Waals surface area contributed by atoms with Gasteiger partial charge in [-0.2, -0.15) is 0 Å². The molecule has 80 valence electrons. The summed E-state index contributed by atoms with van der Waals surface area (Å²) in [5, 5.41) is 8.52. The number of ether oxygens (including phenoxy) is 1. The van der Waals surface area contributed by atoms with Gasteiger partial charge in [0.25, 0.3) is 0 Å². The largest absolute Gasteiger partial charge is 0.371 e. The highest BCUT2D eigenvalue weighted by atomic mass is 16.6. The average Bonchev–Trinajstić information content (AvgIpc) is 2.17. The lowest BCUT2D eigenvalue weighted by Gasteiger charge is -2.20. The van der Waals surface area contributed by atoms with Gasteiger partial charge in [0, 0.05) is 13.1 Å². The number of rotatable bonds is 9. The molecule has 0 aromatic heterocycles. The molecule has 0 spiro atoms. The molecular formula is C10H23NO2. The summed E-state index contributed by atoms with van der Waals surface area (Å²) in [4.78, 5) is 2.25. The number of hydrogen-bond donors (Lipinski definition) is 1. The molecule has 3 heteroatoms. The van der Waals surface area contributed by atoms with E-state index in [9.17, 15) is 0 Å². The van der Waals surface area contributed by atoms with Crippen LogP contribution in [0.25, 0.3) is 0 Å². The maximum atomic E-state index is 8.52. The highest BCUT2D eigenvalue weighted by molar-refractivity contribution is 4.52. The van der Waals surface area contributed by atoms with E-state index in [1.54, 1.807) is 0 Å². The van der Waals surface area contributed by atoms with Crippen LogP contribution in [0.3, 0.4) is 0 Å². The highest BCUT2D eigenvalue weighted by Crippen LogP contribution is 1.98. The molecule has 0 aromatic carbocycles. The van der Waals surface area contributed by atoms with E-state index >= 15 is 0 Å². The smallest absolute Gasteiger partial charge is 0.145 e. The summed E-state index contributed by atoms with van der Waals surface area (Å²) in [6, 6.07) is 0. The Morgan fingerprint density at radius 3 is 2.00 bits per heavy atom. The van der Waals surface area contributed by atoms with Gasteiger partial charge >= 0.3 is 0 Å². The fourth-order valence-electron chi connectivity index (χ4n) is 1.17. The van der Waals surface area contributed by atoms with Crippen molar-refractivity contribution in [2.45, 2.75) is 39.5 Å². The van der Waals surface area contributed by atoms with Crippen molar-refractivity contribution < 1.29 is 9.84 Å². The first-order valence-corrected chi connectivity index (χ1v) is 5.26. The Balaban J connectivity index is 3.47. The molecule has 13 heavy (non-hydrogen) atoms. The Labute approximate surface area is 81.7 Å². The van der Waals surface area contributed by atoms with Crippen molar-refractivity contribution in [1.29, 1.82) is 0 Å². The number of hydrogen-bond acceptors (Lipinski definition) is 3. The Morgan fingerprint density at radius 2 is 1.62 bits per heavy atom. The SMILES string of the molecule is CCCCN(CCCC)COCO. The molecule has 0 bridgehead atoms. The minimum atomic E-state index is -0.172. The first-order chi connectivity index (χ1) is 6.35. The lowest BCUT2D eigenvalue weighted by molar-refractivity contribution is -0.0546. The van der Waals surface area contributed by atoms with Gasteiger partial charge in [0.1, 0.15) is 13.5 Å². The standard InChI is InChI=1S/C10H23NO2/c1-3-5-7-11(8-6-4-2)9-13-10-12/h12H,3-10H2,1-2H3. The van der Waals surface area contributed by atoms with Crippen molar-refractivity contribution in [2.75, 3.05) is 26.6 Å². The average molecular weight is 189 g/mol. The fraction of sp³-hybridized carbons (Fsp3) is 1.00. The van der Waals surface area contributed by atoms with E-state index in [1.165, 1.54) is 25.7 Å². The molecule has 0 rings (SSSR count). The zero-order valence-corrected chi connectivity index (χ0v) is 8.96. The van der Waals surface area contributed by atoms with Gasteiger partial charge in [-0.15, -0.1) is 0 Å². The topological polar surface area (TPSA) is 32.7 Å². The lowest BCUT2D eigenvalue weighted by Crippen LogP contribution is -2.28. The van der Waals surface area contributed by atoms with Crippen LogP contribution < -0.4 is 0 Å². The summed E-state index contributed by atoms with van der Waals surface area (Å²) in [5.74, 6) is 0. The lowest BCUT2D eigenvalue weighted by atomic mass is 10.3. The molecule has 0 radical (unpaired) electrons. The second-order valence-electron chi connectivity index (χ2n) is 3.29. The van der Waals surface area contributed by atoms with Gasteiger partial charge < -0.3 is 9.84 Å². The van der Waals surface area contributed by atoms with Crippen LogP contribution in [0.2, 0.25) is 0 Å². The molecule has 0 aromatic rings. The minimum absolute atomic E-state index is 0.172. The first kappa shape index (κ1) is 12.9. The van der Waals surface area contributed by atoms with E-state index in [1.807, 2.05) is 0 Å². The molecule has 0 saturated carbocycles. The van der Waals surface area contributed by atoms with E-state index in [-0.39, 0.29) is 6.79 Å². The third-order valence-electron chi connectivity index (χ3n) is 2.02. The van der Waals surface area contributed by atoms with Gasteiger partial charge in [-0.25, -0.2) is 0 Å². The Morgan fingerprint density at radius 1 is 1.08 bits per heavy atom. The molecule has 3 nitrogen and oxygen atoms in total. The number of nitrogens with zero attached hydrogens (tertiary/aromatic N) is 1. The second-order valence-corrected chi connectivity index (χ2v) is 3.29. The van der Waals surface area contributed by atoms with Crippen LogP contribution in [0.15, 0.2) is 0 Å². The molecule has 0 saturated heterocycles. The van der Waals surface area contributed by atoms with E-state index in [0.29, 0.717) is 6.73 Å². The fourth-order valence-corrected chi connectivity index (χ4v) is 1.17. The summed E-state index contributed by atoms with van der Waals surface area (Å²) < 4.78 is 4.97. The molecule has 0 aliphatic carbocycles. The van der Waals surface area contributed by atoms with E-state index < -0.39 is 0 Å². The van der Waals surface area contributed by atoms with Gasteiger partial charge in [0.2, 0.25) is 0 Å². The first-order valence-electron chi connectivity index (χ1n) is 5.26. The molecule has 0 unspecified atom stereocenters. The Hall–Kier alpha value is -0.120. The van der Waals surface area contributed by atoms with Gasteiger partial charge in [0.05, 0.1) is 0 Å². The number of aliphatic hydroxyl groups is 1.